The van der Waals surface area contributed by atoms with Gasteiger partial charge in [-0.25, -0.2) is 0 Å². The molecule has 0 aliphatic carbocycles. The van der Waals surface area contributed by atoms with Crippen LogP contribution in [0.3, 0.4) is 0 Å². The lowest BCUT2D eigenvalue weighted by atomic mass is 10.1. The normalized spacial score (nSPS) is 15.8. The lowest BCUT2D eigenvalue weighted by Crippen LogP contribution is -2.25. The lowest BCUT2D eigenvalue weighted by Gasteiger charge is -2.24. The highest BCUT2D eigenvalue weighted by atomic mass is 16.5. The summed E-state index contributed by atoms with van der Waals surface area (Å²) in [4.78, 5) is 18.1. The zero-order valence-electron chi connectivity index (χ0n) is 18.3. The van der Waals surface area contributed by atoms with Crippen LogP contribution in [0, 0.1) is 6.92 Å². The number of pyridine rings is 1. The van der Waals surface area contributed by atoms with Gasteiger partial charge in [0.1, 0.15) is 17.3 Å². The van der Waals surface area contributed by atoms with E-state index in [0.717, 1.165) is 48.0 Å². The summed E-state index contributed by atoms with van der Waals surface area (Å²) in [6.07, 6.45) is 3.70. The summed E-state index contributed by atoms with van der Waals surface area (Å²) in [5, 5.41) is 14.7. The fourth-order valence-corrected chi connectivity index (χ4v) is 3.84. The zero-order valence-corrected chi connectivity index (χ0v) is 18.3. The van der Waals surface area contributed by atoms with Gasteiger partial charge < -0.3 is 19.6 Å². The minimum absolute atomic E-state index is 0.0119. The van der Waals surface area contributed by atoms with Crippen LogP contribution < -0.4 is 15.1 Å². The summed E-state index contributed by atoms with van der Waals surface area (Å²) in [6.45, 7) is 2.79. The molecule has 10 nitrogen and oxygen atoms in total. The van der Waals surface area contributed by atoms with Crippen LogP contribution in [0.1, 0.15) is 30.3 Å². The van der Waals surface area contributed by atoms with E-state index in [4.69, 9.17) is 14.5 Å². The highest BCUT2D eigenvalue weighted by Gasteiger charge is 2.32. The zero-order chi connectivity index (χ0) is 22.1. The van der Waals surface area contributed by atoms with Gasteiger partial charge in [-0.2, -0.15) is 15.1 Å². The summed E-state index contributed by atoms with van der Waals surface area (Å²) in [6, 6.07) is 11.6. The van der Waals surface area contributed by atoms with Crippen LogP contribution in [0.2, 0.25) is 0 Å². The molecule has 4 aromatic heterocycles. The Morgan fingerprint density at radius 3 is 2.78 bits per heavy atom. The fraction of sp³-hybridized carbons (Fsp3) is 0.318. The Hall–Kier alpha value is -3.95. The van der Waals surface area contributed by atoms with Gasteiger partial charge >= 0.3 is 0 Å². The van der Waals surface area contributed by atoms with Crippen LogP contribution >= 0.6 is 0 Å². The predicted octanol–water partition coefficient (Wildman–Crippen LogP) is 3.71. The number of nitrogens with zero attached hydrogens (tertiary/aromatic N) is 7. The molecule has 5 heterocycles. The van der Waals surface area contributed by atoms with Crippen LogP contribution in [-0.2, 0) is 0 Å². The third-order valence-electron chi connectivity index (χ3n) is 5.41. The van der Waals surface area contributed by atoms with Crippen molar-refractivity contribution in [1.29, 1.82) is 0 Å². The Morgan fingerprint density at radius 2 is 2.03 bits per heavy atom. The number of hydrogen-bond donors (Lipinski definition) is 2. The predicted molar refractivity (Wildman–Crippen MR) is 122 cm³/mol. The van der Waals surface area contributed by atoms with Crippen molar-refractivity contribution in [1.82, 2.24) is 30.3 Å². The number of aromatic amines is 1. The van der Waals surface area contributed by atoms with Gasteiger partial charge in [-0.3, -0.25) is 10.1 Å². The molecule has 5 rings (SSSR count). The smallest absolute Gasteiger partial charge is 0.229 e. The van der Waals surface area contributed by atoms with Crippen molar-refractivity contribution in [2.45, 2.75) is 25.8 Å². The molecule has 0 spiro atoms. The first kappa shape index (κ1) is 20.0. The average Bonchev–Trinajstić information content (AvgIpc) is 3.55. The molecule has 1 saturated heterocycles. The number of hydrogen-bond acceptors (Lipinski definition) is 9. The highest BCUT2D eigenvalue weighted by Crippen LogP contribution is 2.37. The first-order valence-corrected chi connectivity index (χ1v) is 10.6. The van der Waals surface area contributed by atoms with Crippen LogP contribution in [0.25, 0.3) is 11.4 Å². The van der Waals surface area contributed by atoms with E-state index in [1.165, 1.54) is 0 Å². The molecule has 10 heteroatoms. The number of aromatic nitrogens is 6. The highest BCUT2D eigenvalue weighted by molar-refractivity contribution is 5.60. The Kier molecular flexibility index (Phi) is 5.18. The van der Waals surface area contributed by atoms with Crippen molar-refractivity contribution in [3.63, 3.8) is 0 Å². The van der Waals surface area contributed by atoms with Crippen LogP contribution in [-0.4, -0.2) is 50.9 Å². The molecule has 0 amide bonds. The third kappa shape index (κ3) is 3.98. The molecule has 32 heavy (non-hydrogen) atoms. The molecule has 0 unspecified atom stereocenters. The van der Waals surface area contributed by atoms with E-state index in [1.54, 1.807) is 6.20 Å². The van der Waals surface area contributed by atoms with Crippen molar-refractivity contribution in [3.8, 4) is 11.4 Å². The Morgan fingerprint density at radius 1 is 1.12 bits per heavy atom. The Balaban J connectivity index is 1.46. The minimum atomic E-state index is 0.0119. The second-order valence-corrected chi connectivity index (χ2v) is 8.05. The fourth-order valence-electron chi connectivity index (χ4n) is 3.84. The third-order valence-corrected chi connectivity index (χ3v) is 5.41. The molecule has 2 N–H and O–H groups in total. The van der Waals surface area contributed by atoms with Gasteiger partial charge in [0.25, 0.3) is 0 Å². The van der Waals surface area contributed by atoms with E-state index < -0.39 is 0 Å². The second-order valence-electron chi connectivity index (χ2n) is 8.05. The van der Waals surface area contributed by atoms with Crippen LogP contribution in [0.5, 0.6) is 0 Å². The molecule has 1 aliphatic heterocycles. The van der Waals surface area contributed by atoms with Gasteiger partial charge in [0, 0.05) is 50.7 Å². The summed E-state index contributed by atoms with van der Waals surface area (Å²) < 4.78 is 5.73. The largest absolute Gasteiger partial charge is 0.363 e. The lowest BCUT2D eigenvalue weighted by molar-refractivity contribution is 0.362. The van der Waals surface area contributed by atoms with E-state index in [-0.39, 0.29) is 6.04 Å². The standard InChI is InChI=1S/C22H25N9O/c1-14-11-20(28-27-14)24-19-13-21(30(2)3)26-22(25-19)31-10-6-8-17(31)18-12-16(29-32-18)15-7-4-5-9-23-15/h4-5,7,9,11-13,17H,6,8,10H2,1-3H3,(H2,24,25,26,27,28)/t17-/m0/s1. The van der Waals surface area contributed by atoms with Gasteiger partial charge in [-0.15, -0.1) is 0 Å². The molecule has 0 aromatic carbocycles. The number of aryl methyl sites for hydroxylation is 1. The van der Waals surface area contributed by atoms with E-state index in [2.05, 4.69) is 30.6 Å². The molecule has 1 aliphatic rings. The van der Waals surface area contributed by atoms with Gasteiger partial charge in [0.2, 0.25) is 5.95 Å². The van der Waals surface area contributed by atoms with Gasteiger partial charge in [-0.1, -0.05) is 11.2 Å². The van der Waals surface area contributed by atoms with Crippen molar-refractivity contribution < 1.29 is 4.52 Å². The van der Waals surface area contributed by atoms with Crippen molar-refractivity contribution >= 4 is 23.4 Å². The molecule has 0 saturated carbocycles. The molecule has 164 valence electrons. The van der Waals surface area contributed by atoms with Gasteiger partial charge in [-0.05, 0) is 31.9 Å². The molecule has 0 bridgehead atoms. The molecule has 1 fully saturated rings. The first-order valence-electron chi connectivity index (χ1n) is 10.6. The van der Waals surface area contributed by atoms with E-state index in [9.17, 15) is 0 Å². The van der Waals surface area contributed by atoms with E-state index in [1.807, 2.05) is 62.3 Å². The molecular formula is C22H25N9O. The summed E-state index contributed by atoms with van der Waals surface area (Å²) >= 11 is 0. The molecule has 0 radical (unpaired) electrons. The summed E-state index contributed by atoms with van der Waals surface area (Å²) in [5.41, 5.74) is 2.49. The van der Waals surface area contributed by atoms with Crippen molar-refractivity contribution in [3.05, 3.63) is 54.0 Å². The maximum absolute atomic E-state index is 5.73. The maximum Gasteiger partial charge on any atom is 0.229 e. The Labute approximate surface area is 185 Å². The molecular weight excluding hydrogens is 406 g/mol. The summed E-state index contributed by atoms with van der Waals surface area (Å²) in [7, 11) is 3.93. The maximum atomic E-state index is 5.73. The van der Waals surface area contributed by atoms with Crippen LogP contribution in [0.15, 0.2) is 47.1 Å². The minimum Gasteiger partial charge on any atom is -0.363 e. The van der Waals surface area contributed by atoms with Gasteiger partial charge in [0.05, 0.1) is 11.7 Å². The number of H-pyrrole nitrogens is 1. The summed E-state index contributed by atoms with van der Waals surface area (Å²) in [5.74, 6) is 3.64. The second kappa shape index (κ2) is 8.29. The number of nitrogens with one attached hydrogen (secondary N) is 2. The molecule has 4 aromatic rings. The number of rotatable bonds is 6. The first-order chi connectivity index (χ1) is 15.6. The van der Waals surface area contributed by atoms with Crippen LogP contribution in [0.4, 0.5) is 23.4 Å². The molecule has 1 atom stereocenters. The quantitative estimate of drug-likeness (QED) is 0.472. The van der Waals surface area contributed by atoms with E-state index in [0.29, 0.717) is 17.6 Å². The van der Waals surface area contributed by atoms with E-state index >= 15 is 0 Å². The van der Waals surface area contributed by atoms with Crippen molar-refractivity contribution in [2.24, 2.45) is 0 Å². The topological polar surface area (TPSA) is 112 Å². The Bertz CT molecular complexity index is 1200. The van der Waals surface area contributed by atoms with Gasteiger partial charge in [0.15, 0.2) is 11.6 Å². The SMILES string of the molecule is Cc1cc(Nc2cc(N(C)C)nc(N3CCC[C@H]3c3cc(-c4ccccn4)no3)n2)n[nH]1. The average molecular weight is 432 g/mol. The monoisotopic (exact) mass is 431 g/mol. The van der Waals surface area contributed by atoms with Crippen molar-refractivity contribution in [2.75, 3.05) is 35.8 Å². The number of anilines is 4.